The molecular formula is C15H11N3O3S. The molecule has 0 bridgehead atoms. The molecule has 0 aliphatic rings. The summed E-state index contributed by atoms with van der Waals surface area (Å²) in [6.07, 6.45) is 0. The molecule has 0 saturated heterocycles. The van der Waals surface area contributed by atoms with Gasteiger partial charge in [0.1, 0.15) is 0 Å². The third-order valence-electron chi connectivity index (χ3n) is 3.03. The number of hydrazine groups is 1. The number of benzene rings is 1. The minimum Gasteiger partial charge on any atom is -0.322 e. The van der Waals surface area contributed by atoms with Crippen molar-refractivity contribution < 1.29 is 9.59 Å². The summed E-state index contributed by atoms with van der Waals surface area (Å²) in [5.74, 6) is -0.954. The Labute approximate surface area is 128 Å². The molecule has 0 aliphatic carbocycles. The maximum atomic E-state index is 12.2. The van der Waals surface area contributed by atoms with Gasteiger partial charge in [-0.3, -0.25) is 25.2 Å². The second-order valence-electron chi connectivity index (χ2n) is 4.48. The first-order valence-electron chi connectivity index (χ1n) is 6.41. The number of para-hydroxylation sites is 1. The molecule has 7 heteroatoms. The smallest absolute Gasteiger partial charge is 0.279 e. The van der Waals surface area contributed by atoms with Gasteiger partial charge in [-0.2, -0.15) is 0 Å². The fraction of sp³-hybridized carbons (Fsp3) is 0. The highest BCUT2D eigenvalue weighted by molar-refractivity contribution is 7.12. The summed E-state index contributed by atoms with van der Waals surface area (Å²) in [7, 11) is 0. The molecule has 22 heavy (non-hydrogen) atoms. The number of nitrogens with one attached hydrogen (secondary N) is 3. The van der Waals surface area contributed by atoms with Crippen LogP contribution in [0.3, 0.4) is 0 Å². The van der Waals surface area contributed by atoms with E-state index in [0.717, 1.165) is 0 Å². The van der Waals surface area contributed by atoms with Crippen molar-refractivity contribution in [1.29, 1.82) is 0 Å². The Hall–Kier alpha value is -2.93. The molecule has 3 aromatic rings. The van der Waals surface area contributed by atoms with Gasteiger partial charge >= 0.3 is 0 Å². The second kappa shape index (κ2) is 5.82. The van der Waals surface area contributed by atoms with Crippen LogP contribution < -0.4 is 16.4 Å². The molecule has 2 heterocycles. The lowest BCUT2D eigenvalue weighted by Crippen LogP contribution is -2.41. The average molecular weight is 313 g/mol. The molecule has 1 aromatic carbocycles. The molecule has 2 amide bonds. The third kappa shape index (κ3) is 2.75. The first kappa shape index (κ1) is 14.0. The fourth-order valence-electron chi connectivity index (χ4n) is 2.04. The van der Waals surface area contributed by atoms with E-state index in [4.69, 9.17) is 0 Å². The van der Waals surface area contributed by atoms with Crippen LogP contribution in [0.1, 0.15) is 20.0 Å². The molecule has 0 spiro atoms. The highest BCUT2D eigenvalue weighted by Crippen LogP contribution is 2.14. The molecule has 0 unspecified atom stereocenters. The molecule has 110 valence electrons. The molecule has 0 fully saturated rings. The second-order valence-corrected chi connectivity index (χ2v) is 5.43. The lowest BCUT2D eigenvalue weighted by molar-refractivity contribution is 0.0849. The summed E-state index contributed by atoms with van der Waals surface area (Å²) in [6, 6.07) is 11.6. The topological polar surface area (TPSA) is 91.1 Å². The average Bonchev–Trinajstić information content (AvgIpc) is 3.06. The predicted molar refractivity (Wildman–Crippen MR) is 83.8 cm³/mol. The van der Waals surface area contributed by atoms with Crippen molar-refractivity contribution >= 4 is 34.1 Å². The fourth-order valence-corrected chi connectivity index (χ4v) is 2.66. The predicted octanol–water partition coefficient (Wildman–Crippen LogP) is 1.66. The number of rotatable bonds is 2. The van der Waals surface area contributed by atoms with Gasteiger partial charge in [0.25, 0.3) is 11.8 Å². The summed E-state index contributed by atoms with van der Waals surface area (Å²) in [5.41, 5.74) is 5.03. The van der Waals surface area contributed by atoms with E-state index in [9.17, 15) is 14.4 Å². The van der Waals surface area contributed by atoms with Crippen LogP contribution in [0.2, 0.25) is 0 Å². The molecule has 3 N–H and O–H groups in total. The van der Waals surface area contributed by atoms with Crippen molar-refractivity contribution in [3.05, 3.63) is 68.6 Å². The zero-order chi connectivity index (χ0) is 15.5. The Kier molecular flexibility index (Phi) is 3.71. The number of pyridine rings is 1. The van der Waals surface area contributed by atoms with Crippen LogP contribution in [0, 0.1) is 0 Å². The van der Waals surface area contributed by atoms with Gasteiger partial charge < -0.3 is 4.98 Å². The van der Waals surface area contributed by atoms with E-state index >= 15 is 0 Å². The van der Waals surface area contributed by atoms with Crippen LogP contribution in [0.25, 0.3) is 10.9 Å². The number of carbonyl (C=O) groups is 2. The van der Waals surface area contributed by atoms with E-state index < -0.39 is 11.8 Å². The number of amides is 2. The molecule has 2 aromatic heterocycles. The largest absolute Gasteiger partial charge is 0.322 e. The highest BCUT2D eigenvalue weighted by Gasteiger charge is 2.13. The number of hydrogen-bond acceptors (Lipinski definition) is 4. The zero-order valence-electron chi connectivity index (χ0n) is 11.3. The minimum absolute atomic E-state index is 0.200. The summed E-state index contributed by atoms with van der Waals surface area (Å²) in [5, 5.41) is 2.37. The van der Waals surface area contributed by atoms with Crippen molar-refractivity contribution in [2.75, 3.05) is 0 Å². The van der Waals surface area contributed by atoms with Crippen LogP contribution in [0.15, 0.2) is 52.6 Å². The molecule has 6 nitrogen and oxygen atoms in total. The van der Waals surface area contributed by atoms with Crippen LogP contribution in [-0.2, 0) is 0 Å². The van der Waals surface area contributed by atoms with Gasteiger partial charge in [0.2, 0.25) is 5.56 Å². The molecule has 0 aliphatic heterocycles. The summed E-state index contributed by atoms with van der Waals surface area (Å²) in [4.78, 5) is 38.7. The van der Waals surface area contributed by atoms with Crippen molar-refractivity contribution in [1.82, 2.24) is 15.8 Å². The highest BCUT2D eigenvalue weighted by atomic mass is 32.1. The number of hydrogen-bond donors (Lipinski definition) is 3. The first-order chi connectivity index (χ1) is 10.6. The van der Waals surface area contributed by atoms with Crippen LogP contribution in [0.5, 0.6) is 0 Å². The molecule has 0 atom stereocenters. The van der Waals surface area contributed by atoms with Crippen LogP contribution in [0.4, 0.5) is 0 Å². The van der Waals surface area contributed by atoms with Crippen molar-refractivity contribution in [3.63, 3.8) is 0 Å². The Morgan fingerprint density at radius 1 is 1.00 bits per heavy atom. The van der Waals surface area contributed by atoms with Gasteiger partial charge in [-0.15, -0.1) is 11.3 Å². The van der Waals surface area contributed by atoms with Crippen molar-refractivity contribution in [3.8, 4) is 0 Å². The number of thiophene rings is 1. The van der Waals surface area contributed by atoms with E-state index in [2.05, 4.69) is 15.8 Å². The van der Waals surface area contributed by atoms with Gasteiger partial charge in [-0.1, -0.05) is 24.3 Å². The van der Waals surface area contributed by atoms with E-state index in [0.29, 0.717) is 15.8 Å². The standard InChI is InChI=1S/C15H11N3O3S/c19-13-8-10(9-4-1-2-5-11(9)16-13)14(20)17-18-15(21)12-6-3-7-22-12/h1-8H,(H,16,19)(H,17,20)(H,18,21). The van der Waals surface area contributed by atoms with Gasteiger partial charge in [-0.25, -0.2) is 0 Å². The molecular weight excluding hydrogens is 302 g/mol. The Bertz CT molecular complexity index is 900. The summed E-state index contributed by atoms with van der Waals surface area (Å²) < 4.78 is 0. The molecule has 3 rings (SSSR count). The van der Waals surface area contributed by atoms with E-state index in [1.165, 1.54) is 17.4 Å². The van der Waals surface area contributed by atoms with Gasteiger partial charge in [0, 0.05) is 17.0 Å². The molecule has 0 saturated carbocycles. The van der Waals surface area contributed by atoms with E-state index in [-0.39, 0.29) is 11.1 Å². The number of carbonyl (C=O) groups excluding carboxylic acids is 2. The summed E-state index contributed by atoms with van der Waals surface area (Å²) >= 11 is 1.27. The number of H-pyrrole nitrogens is 1. The first-order valence-corrected chi connectivity index (χ1v) is 7.29. The van der Waals surface area contributed by atoms with E-state index in [1.807, 2.05) is 0 Å². The maximum Gasteiger partial charge on any atom is 0.279 e. The summed E-state index contributed by atoms with van der Waals surface area (Å²) in [6.45, 7) is 0. The molecule has 0 radical (unpaired) electrons. The lowest BCUT2D eigenvalue weighted by atomic mass is 10.1. The third-order valence-corrected chi connectivity index (χ3v) is 3.90. The number of aromatic amines is 1. The van der Waals surface area contributed by atoms with E-state index in [1.54, 1.807) is 41.8 Å². The monoisotopic (exact) mass is 313 g/mol. The maximum absolute atomic E-state index is 12.2. The van der Waals surface area contributed by atoms with Gasteiger partial charge in [0.05, 0.1) is 10.4 Å². The quantitative estimate of drug-likeness (QED) is 0.628. The lowest BCUT2D eigenvalue weighted by Gasteiger charge is -2.08. The van der Waals surface area contributed by atoms with Crippen molar-refractivity contribution in [2.45, 2.75) is 0 Å². The SMILES string of the molecule is O=C(NNC(=O)c1cc(=O)[nH]c2ccccc12)c1cccs1. The zero-order valence-corrected chi connectivity index (χ0v) is 12.1. The van der Waals surface area contributed by atoms with Crippen LogP contribution >= 0.6 is 11.3 Å². The van der Waals surface area contributed by atoms with Crippen molar-refractivity contribution in [2.24, 2.45) is 0 Å². The van der Waals surface area contributed by atoms with Gasteiger partial charge in [-0.05, 0) is 17.5 Å². The Morgan fingerprint density at radius 2 is 1.77 bits per heavy atom. The number of aromatic nitrogens is 1. The normalized spacial score (nSPS) is 10.4. The number of fused-ring (bicyclic) bond motifs is 1. The van der Waals surface area contributed by atoms with Gasteiger partial charge in [0.15, 0.2) is 0 Å². The van der Waals surface area contributed by atoms with Crippen LogP contribution in [-0.4, -0.2) is 16.8 Å². The Balaban J connectivity index is 1.83. The minimum atomic E-state index is -0.549. The Morgan fingerprint density at radius 3 is 2.55 bits per heavy atom.